The van der Waals surface area contributed by atoms with Gasteiger partial charge < -0.3 is 4.42 Å². The van der Waals surface area contributed by atoms with Gasteiger partial charge in [-0.15, -0.1) is 0 Å². The van der Waals surface area contributed by atoms with Crippen LogP contribution in [0.5, 0.6) is 0 Å². The van der Waals surface area contributed by atoms with Crippen LogP contribution in [0.25, 0.3) is 6.08 Å². The van der Waals surface area contributed by atoms with Crippen LogP contribution < -0.4 is 10.2 Å². The van der Waals surface area contributed by atoms with Crippen LogP contribution in [-0.2, 0) is 9.59 Å². The van der Waals surface area contributed by atoms with Crippen LogP contribution in [-0.4, -0.2) is 17.8 Å². The van der Waals surface area contributed by atoms with E-state index in [4.69, 9.17) is 16.0 Å². The number of nitrogens with one attached hydrogen (secondary N) is 1. The van der Waals surface area contributed by atoms with Crippen LogP contribution >= 0.6 is 11.6 Å². The highest BCUT2D eigenvalue weighted by atomic mass is 35.5. The Kier molecular flexibility index (Phi) is 4.31. The summed E-state index contributed by atoms with van der Waals surface area (Å²) in [5.41, 5.74) is 0.0207. The molecule has 120 valence electrons. The average Bonchev–Trinajstić information content (AvgIpc) is 3.05. The third kappa shape index (κ3) is 3.00. The van der Waals surface area contributed by atoms with Gasteiger partial charge in [-0.3, -0.25) is 14.9 Å². The second-order valence-corrected chi connectivity index (χ2v) is 5.21. The van der Waals surface area contributed by atoms with Gasteiger partial charge in [-0.05, 0) is 36.4 Å². The molecule has 0 unspecified atom stereocenters. The molecule has 1 aromatic heterocycles. The molecule has 2 heterocycles. The molecule has 6 nitrogen and oxygen atoms in total. The van der Waals surface area contributed by atoms with Gasteiger partial charge in [0, 0.05) is 0 Å². The summed E-state index contributed by atoms with van der Waals surface area (Å²) < 4.78 is 5.12. The van der Waals surface area contributed by atoms with Crippen LogP contribution in [0.2, 0.25) is 5.02 Å². The topological polar surface area (TPSA) is 79.6 Å². The van der Waals surface area contributed by atoms with E-state index < -0.39 is 17.8 Å². The number of urea groups is 1. The lowest BCUT2D eigenvalue weighted by Gasteiger charge is -2.26. The van der Waals surface area contributed by atoms with E-state index in [9.17, 15) is 14.4 Å². The largest absolute Gasteiger partial charge is 0.465 e. The van der Waals surface area contributed by atoms with Crippen molar-refractivity contribution >= 4 is 41.2 Å². The highest BCUT2D eigenvalue weighted by molar-refractivity contribution is 6.41. The number of allylic oxidation sites excluding steroid dienone is 2. The molecular formula is C17H11ClN2O4. The Morgan fingerprint density at radius 1 is 1.08 bits per heavy atom. The summed E-state index contributed by atoms with van der Waals surface area (Å²) in [4.78, 5) is 37.3. The van der Waals surface area contributed by atoms with Crippen molar-refractivity contribution < 1.29 is 18.8 Å². The van der Waals surface area contributed by atoms with Gasteiger partial charge in [0.15, 0.2) is 0 Å². The molecule has 0 aliphatic carbocycles. The van der Waals surface area contributed by atoms with Gasteiger partial charge in [-0.25, -0.2) is 9.69 Å². The Labute approximate surface area is 142 Å². The van der Waals surface area contributed by atoms with Crippen molar-refractivity contribution in [3.8, 4) is 0 Å². The fourth-order valence-corrected chi connectivity index (χ4v) is 2.37. The number of amides is 4. The summed E-state index contributed by atoms with van der Waals surface area (Å²) in [5, 5.41) is 2.35. The minimum Gasteiger partial charge on any atom is -0.465 e. The SMILES string of the molecule is O=C1NC(=O)N(c2ccccc2Cl)C(=O)C1=CC=Cc1ccco1. The van der Waals surface area contributed by atoms with Crippen molar-refractivity contribution in [1.29, 1.82) is 0 Å². The Hall–Kier alpha value is -3.12. The van der Waals surface area contributed by atoms with Gasteiger partial charge in [-0.2, -0.15) is 0 Å². The summed E-state index contributed by atoms with van der Waals surface area (Å²) >= 11 is 6.04. The third-order valence-corrected chi connectivity index (χ3v) is 3.58. The van der Waals surface area contributed by atoms with Gasteiger partial charge in [0.05, 0.1) is 17.0 Å². The summed E-state index contributed by atoms with van der Waals surface area (Å²) in [5.74, 6) is -0.951. The van der Waals surface area contributed by atoms with Crippen molar-refractivity contribution in [3.05, 3.63) is 71.2 Å². The van der Waals surface area contributed by atoms with E-state index in [2.05, 4.69) is 5.32 Å². The maximum atomic E-state index is 12.6. The van der Waals surface area contributed by atoms with Gasteiger partial charge in [0.25, 0.3) is 11.8 Å². The van der Waals surface area contributed by atoms with E-state index in [0.29, 0.717) is 5.76 Å². The number of furan rings is 1. The minimum atomic E-state index is -0.842. The van der Waals surface area contributed by atoms with Crippen LogP contribution in [0.15, 0.2) is 64.8 Å². The number of halogens is 1. The van der Waals surface area contributed by atoms with Crippen molar-refractivity contribution in [2.45, 2.75) is 0 Å². The normalized spacial score (nSPS) is 17.0. The van der Waals surface area contributed by atoms with Crippen molar-refractivity contribution in [3.63, 3.8) is 0 Å². The number of benzene rings is 1. The van der Waals surface area contributed by atoms with Crippen molar-refractivity contribution in [2.75, 3.05) is 4.90 Å². The van der Waals surface area contributed by atoms with E-state index in [1.165, 1.54) is 24.5 Å². The molecule has 3 rings (SSSR count). The lowest BCUT2D eigenvalue weighted by atomic mass is 10.1. The van der Waals surface area contributed by atoms with Crippen LogP contribution in [0.1, 0.15) is 5.76 Å². The smallest absolute Gasteiger partial charge is 0.335 e. The van der Waals surface area contributed by atoms with Gasteiger partial charge in [-0.1, -0.05) is 29.8 Å². The van der Waals surface area contributed by atoms with Gasteiger partial charge in [0.2, 0.25) is 0 Å². The zero-order valence-corrected chi connectivity index (χ0v) is 13.0. The highest BCUT2D eigenvalue weighted by Crippen LogP contribution is 2.28. The van der Waals surface area contributed by atoms with Crippen LogP contribution in [0.3, 0.4) is 0 Å². The molecule has 1 saturated heterocycles. The third-order valence-electron chi connectivity index (χ3n) is 3.26. The fraction of sp³-hybridized carbons (Fsp3) is 0. The Balaban J connectivity index is 1.93. The predicted molar refractivity (Wildman–Crippen MR) is 88.3 cm³/mol. The van der Waals surface area contributed by atoms with Crippen molar-refractivity contribution in [1.82, 2.24) is 5.32 Å². The average molecular weight is 343 g/mol. The van der Waals surface area contributed by atoms with E-state index in [-0.39, 0.29) is 16.3 Å². The molecule has 1 N–H and O–H groups in total. The molecule has 1 aliphatic heterocycles. The van der Waals surface area contributed by atoms with E-state index in [0.717, 1.165) is 4.90 Å². The Morgan fingerprint density at radius 2 is 1.88 bits per heavy atom. The molecular weight excluding hydrogens is 332 g/mol. The number of carbonyl (C=O) groups is 3. The number of hydrogen-bond donors (Lipinski definition) is 1. The lowest BCUT2D eigenvalue weighted by Crippen LogP contribution is -2.54. The first-order valence-corrected chi connectivity index (χ1v) is 7.32. The van der Waals surface area contributed by atoms with Crippen LogP contribution in [0.4, 0.5) is 10.5 Å². The first-order valence-electron chi connectivity index (χ1n) is 6.94. The molecule has 1 aliphatic rings. The monoisotopic (exact) mass is 342 g/mol. The van der Waals surface area contributed by atoms with Crippen molar-refractivity contribution in [2.24, 2.45) is 0 Å². The first kappa shape index (κ1) is 15.8. The zero-order valence-electron chi connectivity index (χ0n) is 12.2. The number of nitrogens with zero attached hydrogens (tertiary/aromatic N) is 1. The number of carbonyl (C=O) groups excluding carboxylic acids is 3. The maximum absolute atomic E-state index is 12.6. The molecule has 0 spiro atoms. The molecule has 1 aromatic carbocycles. The molecule has 0 saturated carbocycles. The molecule has 0 bridgehead atoms. The van der Waals surface area contributed by atoms with E-state index >= 15 is 0 Å². The molecule has 2 aromatic rings. The number of para-hydroxylation sites is 1. The molecule has 0 radical (unpaired) electrons. The molecule has 4 amide bonds. The summed E-state index contributed by atoms with van der Waals surface area (Å²) in [6.45, 7) is 0. The number of anilines is 1. The van der Waals surface area contributed by atoms with E-state index in [1.54, 1.807) is 36.4 Å². The standard InChI is InChI=1S/C17H11ClN2O4/c18-13-8-1-2-9-14(13)20-16(22)12(15(21)19-17(20)23)7-3-5-11-6-4-10-24-11/h1-10H,(H,19,21,23). The summed E-state index contributed by atoms with van der Waals surface area (Å²) in [6.07, 6.45) is 5.90. The number of barbiturate groups is 1. The number of imide groups is 2. The zero-order chi connectivity index (χ0) is 17.1. The quantitative estimate of drug-likeness (QED) is 0.686. The highest BCUT2D eigenvalue weighted by Gasteiger charge is 2.37. The fourth-order valence-electron chi connectivity index (χ4n) is 2.15. The second-order valence-electron chi connectivity index (χ2n) is 4.81. The number of rotatable bonds is 3. The number of hydrogen-bond acceptors (Lipinski definition) is 4. The molecule has 24 heavy (non-hydrogen) atoms. The van der Waals surface area contributed by atoms with E-state index in [1.807, 2.05) is 0 Å². The van der Waals surface area contributed by atoms with Gasteiger partial charge >= 0.3 is 6.03 Å². The minimum absolute atomic E-state index is 0.183. The first-order chi connectivity index (χ1) is 11.6. The molecule has 1 fully saturated rings. The predicted octanol–water partition coefficient (Wildman–Crippen LogP) is 3.16. The second kappa shape index (κ2) is 6.55. The van der Waals surface area contributed by atoms with Gasteiger partial charge in [0.1, 0.15) is 11.3 Å². The molecule has 0 atom stereocenters. The summed E-state index contributed by atoms with van der Waals surface area (Å²) in [7, 11) is 0. The Bertz CT molecular complexity index is 868. The molecule has 7 heteroatoms. The summed E-state index contributed by atoms with van der Waals surface area (Å²) in [6, 6.07) is 8.97. The van der Waals surface area contributed by atoms with Crippen LogP contribution in [0, 0.1) is 0 Å². The lowest BCUT2D eigenvalue weighted by molar-refractivity contribution is -0.122. The maximum Gasteiger partial charge on any atom is 0.335 e. The Morgan fingerprint density at radius 3 is 2.58 bits per heavy atom.